The van der Waals surface area contributed by atoms with Gasteiger partial charge in [0, 0.05) is 18.6 Å². The number of ether oxygens (including phenoxy) is 1. The Balaban J connectivity index is 2.18. The second-order valence-corrected chi connectivity index (χ2v) is 9.45. The molecule has 2 aromatic rings. The molecule has 3 rings (SSSR count). The van der Waals surface area contributed by atoms with Crippen LogP contribution >= 0.6 is 28.1 Å². The third-order valence-electron chi connectivity index (χ3n) is 4.82. The van der Waals surface area contributed by atoms with Crippen LogP contribution in [0.25, 0.3) is 0 Å². The van der Waals surface area contributed by atoms with Crippen LogP contribution in [0.2, 0.25) is 0 Å². The molecule has 7 nitrogen and oxygen atoms in total. The average Bonchev–Trinajstić information content (AvgIpc) is 2.90. The maximum Gasteiger partial charge on any atom is 0.267 e. The van der Waals surface area contributed by atoms with Gasteiger partial charge in [-0.2, -0.15) is 8.42 Å². The summed E-state index contributed by atoms with van der Waals surface area (Å²) < 4.78 is 38.0. The second kappa shape index (κ2) is 8.11. The molecule has 1 aliphatic rings. The topological polar surface area (TPSA) is 95.9 Å². The fourth-order valence-corrected chi connectivity index (χ4v) is 4.73. The summed E-state index contributed by atoms with van der Waals surface area (Å²) in [6.07, 6.45) is -0.898. The van der Waals surface area contributed by atoms with Crippen LogP contribution in [0.1, 0.15) is 22.8 Å². The smallest absolute Gasteiger partial charge is 0.267 e. The lowest BCUT2D eigenvalue weighted by Gasteiger charge is -2.29. The SMILES string of the molecule is COC(CS(=O)(=O)O)c1cccc(C2(c3cccc(Br)c3)NC(=S)N(C)C2=O)c1. The normalized spacial score (nSPS) is 20.6. The number of halogens is 1. The van der Waals surface area contributed by atoms with E-state index >= 15 is 0 Å². The fourth-order valence-electron chi connectivity index (χ4n) is 3.39. The van der Waals surface area contributed by atoms with Crippen molar-refractivity contribution >= 4 is 49.3 Å². The number of benzene rings is 2. The van der Waals surface area contributed by atoms with Gasteiger partial charge in [-0.15, -0.1) is 0 Å². The minimum Gasteiger partial charge on any atom is -0.376 e. The molecule has 10 heteroatoms. The minimum absolute atomic E-state index is 0.263. The highest BCUT2D eigenvalue weighted by Gasteiger charge is 2.51. The van der Waals surface area contributed by atoms with E-state index in [4.69, 9.17) is 17.0 Å². The molecule has 154 valence electrons. The van der Waals surface area contributed by atoms with Crippen LogP contribution in [0.4, 0.5) is 0 Å². The van der Waals surface area contributed by atoms with E-state index in [-0.39, 0.29) is 11.0 Å². The molecule has 0 aliphatic carbocycles. The maximum absolute atomic E-state index is 13.3. The van der Waals surface area contributed by atoms with Crippen molar-refractivity contribution < 1.29 is 22.5 Å². The van der Waals surface area contributed by atoms with Crippen molar-refractivity contribution in [3.8, 4) is 0 Å². The molecular formula is C19H19BrN2O5S2. The number of rotatable bonds is 6. The molecule has 1 amide bonds. The lowest BCUT2D eigenvalue weighted by molar-refractivity contribution is -0.129. The largest absolute Gasteiger partial charge is 0.376 e. The number of likely N-dealkylation sites (N-methyl/N-ethyl adjacent to an activating group) is 1. The van der Waals surface area contributed by atoms with Gasteiger partial charge in [-0.05, 0) is 47.1 Å². The van der Waals surface area contributed by atoms with E-state index in [9.17, 15) is 17.8 Å². The highest BCUT2D eigenvalue weighted by atomic mass is 79.9. The first-order chi connectivity index (χ1) is 13.6. The Morgan fingerprint density at radius 1 is 1.24 bits per heavy atom. The van der Waals surface area contributed by atoms with Gasteiger partial charge in [-0.1, -0.05) is 46.3 Å². The maximum atomic E-state index is 13.3. The van der Waals surface area contributed by atoms with Gasteiger partial charge in [-0.25, -0.2) is 0 Å². The van der Waals surface area contributed by atoms with Gasteiger partial charge in [0.25, 0.3) is 16.0 Å². The van der Waals surface area contributed by atoms with E-state index < -0.39 is 27.5 Å². The first kappa shape index (κ1) is 21.8. The average molecular weight is 499 g/mol. The molecule has 2 unspecified atom stereocenters. The highest BCUT2D eigenvalue weighted by molar-refractivity contribution is 9.10. The number of hydrogen-bond donors (Lipinski definition) is 2. The van der Waals surface area contributed by atoms with Gasteiger partial charge >= 0.3 is 0 Å². The summed E-state index contributed by atoms with van der Waals surface area (Å²) in [4.78, 5) is 14.7. The van der Waals surface area contributed by atoms with Crippen molar-refractivity contribution in [3.63, 3.8) is 0 Å². The minimum atomic E-state index is -4.26. The fraction of sp³-hybridized carbons (Fsp3) is 0.263. The van der Waals surface area contributed by atoms with E-state index in [0.29, 0.717) is 16.7 Å². The van der Waals surface area contributed by atoms with Crippen LogP contribution in [0.3, 0.4) is 0 Å². The van der Waals surface area contributed by atoms with E-state index in [1.54, 1.807) is 31.3 Å². The van der Waals surface area contributed by atoms with Gasteiger partial charge < -0.3 is 10.1 Å². The number of methoxy groups -OCH3 is 1. The summed E-state index contributed by atoms with van der Waals surface area (Å²) in [7, 11) is -1.31. The summed E-state index contributed by atoms with van der Waals surface area (Å²) in [5.74, 6) is -0.863. The zero-order valence-corrected chi connectivity index (χ0v) is 18.8. The molecule has 29 heavy (non-hydrogen) atoms. The van der Waals surface area contributed by atoms with E-state index in [2.05, 4.69) is 21.2 Å². The molecule has 2 aromatic carbocycles. The van der Waals surface area contributed by atoms with Gasteiger partial charge in [0.05, 0.1) is 6.10 Å². The molecule has 0 saturated carbocycles. The lowest BCUT2D eigenvalue weighted by Crippen LogP contribution is -2.45. The quantitative estimate of drug-likeness (QED) is 0.466. The molecule has 0 bridgehead atoms. The van der Waals surface area contributed by atoms with Crippen molar-refractivity contribution in [2.45, 2.75) is 11.6 Å². The Morgan fingerprint density at radius 2 is 1.86 bits per heavy atom. The van der Waals surface area contributed by atoms with E-state index in [1.165, 1.54) is 12.0 Å². The molecule has 0 aromatic heterocycles. The number of carbonyl (C=O) groups is 1. The number of thiocarbonyl (C=S) groups is 1. The van der Waals surface area contributed by atoms with Crippen molar-refractivity contribution in [1.29, 1.82) is 0 Å². The Bertz CT molecular complexity index is 1080. The number of nitrogens with one attached hydrogen (secondary N) is 1. The summed E-state index contributed by atoms with van der Waals surface area (Å²) in [5, 5.41) is 3.42. The van der Waals surface area contributed by atoms with Crippen LogP contribution in [0, 0.1) is 0 Å². The number of carbonyl (C=O) groups excluding carboxylic acids is 1. The van der Waals surface area contributed by atoms with Gasteiger partial charge in [0.2, 0.25) is 0 Å². The van der Waals surface area contributed by atoms with Crippen LogP contribution in [-0.4, -0.2) is 48.8 Å². The first-order valence-electron chi connectivity index (χ1n) is 8.53. The van der Waals surface area contributed by atoms with Crippen LogP contribution in [-0.2, 0) is 25.2 Å². The summed E-state index contributed by atoms with van der Waals surface area (Å²) >= 11 is 8.76. The first-order valence-corrected chi connectivity index (χ1v) is 11.3. The molecule has 0 radical (unpaired) electrons. The third-order valence-corrected chi connectivity index (χ3v) is 6.41. The molecule has 1 saturated heterocycles. The molecule has 1 fully saturated rings. The number of amides is 1. The monoisotopic (exact) mass is 498 g/mol. The Hall–Kier alpha value is -1.85. The molecular weight excluding hydrogens is 480 g/mol. The Morgan fingerprint density at radius 3 is 2.38 bits per heavy atom. The van der Waals surface area contributed by atoms with Crippen LogP contribution in [0.15, 0.2) is 53.0 Å². The molecule has 1 aliphatic heterocycles. The van der Waals surface area contributed by atoms with E-state index in [1.807, 2.05) is 24.3 Å². The van der Waals surface area contributed by atoms with Crippen LogP contribution in [0.5, 0.6) is 0 Å². The predicted molar refractivity (Wildman–Crippen MR) is 116 cm³/mol. The van der Waals surface area contributed by atoms with Crippen molar-refractivity contribution in [3.05, 3.63) is 69.7 Å². The van der Waals surface area contributed by atoms with Gasteiger partial charge in [-0.3, -0.25) is 14.2 Å². The summed E-state index contributed by atoms with van der Waals surface area (Å²) in [6, 6.07) is 14.1. The lowest BCUT2D eigenvalue weighted by atomic mass is 9.82. The highest BCUT2D eigenvalue weighted by Crippen LogP contribution is 2.37. The third kappa shape index (κ3) is 4.22. The van der Waals surface area contributed by atoms with Crippen molar-refractivity contribution in [2.24, 2.45) is 0 Å². The summed E-state index contributed by atoms with van der Waals surface area (Å²) in [5.41, 5.74) is 0.473. The van der Waals surface area contributed by atoms with Crippen LogP contribution < -0.4 is 5.32 Å². The molecule has 2 atom stereocenters. The number of nitrogens with zero attached hydrogens (tertiary/aromatic N) is 1. The Kier molecular flexibility index (Phi) is 6.11. The van der Waals surface area contributed by atoms with Gasteiger partial charge in [0.1, 0.15) is 5.75 Å². The number of hydrogen-bond acceptors (Lipinski definition) is 5. The molecule has 0 spiro atoms. The second-order valence-electron chi connectivity index (χ2n) is 6.65. The summed E-state index contributed by atoms with van der Waals surface area (Å²) in [6.45, 7) is 0. The predicted octanol–water partition coefficient (Wildman–Crippen LogP) is 2.61. The zero-order chi connectivity index (χ0) is 21.4. The Labute approximate surface area is 182 Å². The zero-order valence-electron chi connectivity index (χ0n) is 15.6. The molecule has 2 N–H and O–H groups in total. The van der Waals surface area contributed by atoms with E-state index in [0.717, 1.165) is 4.47 Å². The van der Waals surface area contributed by atoms with Crippen molar-refractivity contribution in [1.82, 2.24) is 10.2 Å². The van der Waals surface area contributed by atoms with Crippen molar-refractivity contribution in [2.75, 3.05) is 19.9 Å². The molecule has 1 heterocycles. The van der Waals surface area contributed by atoms with Gasteiger partial charge in [0.15, 0.2) is 10.7 Å². The standard InChI is InChI=1S/C19H19BrN2O5S2/c1-22-17(23)19(21-18(22)28,14-7-4-8-15(20)10-14)13-6-3-5-12(9-13)16(27-2)11-29(24,25)26/h3-10,16H,11H2,1-2H3,(H,21,28)(H,24,25,26).